The number of piperidine rings is 1. The third kappa shape index (κ3) is 4.62. The summed E-state index contributed by atoms with van der Waals surface area (Å²) in [6.45, 7) is 7.70. The molecular formula is C27H33F3N6. The molecule has 0 unspecified atom stereocenters. The third-order valence-electron chi connectivity index (χ3n) is 8.07. The molecule has 1 spiro atoms. The predicted octanol–water partition coefficient (Wildman–Crippen LogP) is 5.26. The number of benzene rings is 2. The molecule has 3 heterocycles. The van der Waals surface area contributed by atoms with Crippen LogP contribution in [0.15, 0.2) is 36.4 Å². The van der Waals surface area contributed by atoms with Gasteiger partial charge in [0, 0.05) is 36.1 Å². The van der Waals surface area contributed by atoms with Crippen LogP contribution >= 0.6 is 0 Å². The van der Waals surface area contributed by atoms with E-state index in [1.165, 1.54) is 45.3 Å². The highest BCUT2D eigenvalue weighted by Gasteiger charge is 2.39. The minimum Gasteiger partial charge on any atom is -0.371 e. The van der Waals surface area contributed by atoms with E-state index in [1.807, 2.05) is 6.92 Å². The number of rotatable bonds is 4. The molecule has 3 aromatic rings. The number of hydrogen-bond donors (Lipinski definition) is 2. The van der Waals surface area contributed by atoms with E-state index in [0.29, 0.717) is 16.8 Å². The smallest absolute Gasteiger partial charge is 0.371 e. The molecule has 0 aliphatic carbocycles. The maximum Gasteiger partial charge on any atom is 0.416 e. The number of nitrogens with two attached hydrogens (primary N) is 1. The summed E-state index contributed by atoms with van der Waals surface area (Å²) in [5.41, 5.74) is 8.50. The molecule has 36 heavy (non-hydrogen) atoms. The first kappa shape index (κ1) is 24.8. The highest BCUT2D eigenvalue weighted by Crippen LogP contribution is 2.41. The topological polar surface area (TPSA) is 70.3 Å². The summed E-state index contributed by atoms with van der Waals surface area (Å²) in [6.07, 6.45) is -1.69. The number of nitrogens with one attached hydrogen (secondary N) is 1. The van der Waals surface area contributed by atoms with E-state index >= 15 is 0 Å². The summed E-state index contributed by atoms with van der Waals surface area (Å²) in [4.78, 5) is 4.85. The van der Waals surface area contributed by atoms with Gasteiger partial charge in [-0.15, -0.1) is 5.10 Å². The highest BCUT2D eigenvalue weighted by molar-refractivity contribution is 5.95. The summed E-state index contributed by atoms with van der Waals surface area (Å²) in [5, 5.41) is 13.5. The monoisotopic (exact) mass is 498 g/mol. The number of nitrogens with zero attached hydrogens (tertiary/aromatic N) is 4. The highest BCUT2D eigenvalue weighted by atomic mass is 19.4. The van der Waals surface area contributed by atoms with E-state index < -0.39 is 17.9 Å². The third-order valence-corrected chi connectivity index (χ3v) is 8.07. The van der Waals surface area contributed by atoms with Crippen molar-refractivity contribution in [1.82, 2.24) is 15.1 Å². The Morgan fingerprint density at radius 2 is 1.72 bits per heavy atom. The standard InChI is InChI=1S/C27H33F3N6/c1-17-20(5-4-6-23(17)27(28,29)30)24(31)32-25-22-15-19(7-8-21(22)18(2)33-34-25)36-13-10-26(11-14-36)9-12-35(3)16-26/h4-8,15,24H,9-14,16,31H2,1-3H3,(H,32,34)/t24-/m0/s1. The Bertz CT molecular complexity index is 1270. The summed E-state index contributed by atoms with van der Waals surface area (Å²) in [5.74, 6) is 0.465. The number of fused-ring (bicyclic) bond motifs is 1. The molecule has 2 aliphatic heterocycles. The van der Waals surface area contributed by atoms with Crippen LogP contribution in [0.4, 0.5) is 24.7 Å². The van der Waals surface area contributed by atoms with Crippen LogP contribution in [0.25, 0.3) is 10.8 Å². The van der Waals surface area contributed by atoms with Crippen molar-refractivity contribution in [1.29, 1.82) is 0 Å². The van der Waals surface area contributed by atoms with Gasteiger partial charge < -0.3 is 20.9 Å². The lowest BCUT2D eigenvalue weighted by atomic mass is 9.77. The first-order valence-corrected chi connectivity index (χ1v) is 12.5. The molecule has 0 bridgehead atoms. The second-order valence-electron chi connectivity index (χ2n) is 10.5. The van der Waals surface area contributed by atoms with Crippen molar-refractivity contribution in [2.45, 2.75) is 45.5 Å². The summed E-state index contributed by atoms with van der Waals surface area (Å²) in [6, 6.07) is 10.3. The fourth-order valence-corrected chi connectivity index (χ4v) is 5.91. The van der Waals surface area contributed by atoms with Crippen LogP contribution in [0.1, 0.15) is 47.8 Å². The quantitative estimate of drug-likeness (QED) is 0.479. The molecule has 1 atom stereocenters. The van der Waals surface area contributed by atoms with Crippen LogP contribution in [0.3, 0.4) is 0 Å². The second-order valence-corrected chi connectivity index (χ2v) is 10.5. The lowest BCUT2D eigenvalue weighted by Gasteiger charge is -2.40. The van der Waals surface area contributed by atoms with E-state index in [2.05, 4.69) is 50.6 Å². The molecule has 2 fully saturated rings. The van der Waals surface area contributed by atoms with Crippen molar-refractivity contribution < 1.29 is 13.2 Å². The van der Waals surface area contributed by atoms with Gasteiger partial charge in [-0.25, -0.2) is 0 Å². The van der Waals surface area contributed by atoms with Crippen molar-refractivity contribution in [3.63, 3.8) is 0 Å². The van der Waals surface area contributed by atoms with E-state index in [9.17, 15) is 13.2 Å². The summed E-state index contributed by atoms with van der Waals surface area (Å²) < 4.78 is 40.3. The van der Waals surface area contributed by atoms with Gasteiger partial charge in [0.05, 0.1) is 11.3 Å². The molecule has 2 saturated heterocycles. The Labute approximate surface area is 209 Å². The van der Waals surface area contributed by atoms with Crippen LogP contribution in [0.2, 0.25) is 0 Å². The van der Waals surface area contributed by atoms with Gasteiger partial charge in [0.2, 0.25) is 0 Å². The maximum atomic E-state index is 13.4. The fraction of sp³-hybridized carbons (Fsp3) is 0.481. The van der Waals surface area contributed by atoms with Gasteiger partial charge in [0.15, 0.2) is 5.82 Å². The average Bonchev–Trinajstić information content (AvgIpc) is 3.20. The van der Waals surface area contributed by atoms with Gasteiger partial charge in [0.1, 0.15) is 6.17 Å². The normalized spacial score (nSPS) is 19.2. The van der Waals surface area contributed by atoms with Crippen LogP contribution in [0.5, 0.6) is 0 Å². The molecule has 1 aromatic heterocycles. The Balaban J connectivity index is 1.42. The molecule has 0 saturated carbocycles. The van der Waals surface area contributed by atoms with E-state index in [4.69, 9.17) is 5.73 Å². The van der Waals surface area contributed by atoms with Gasteiger partial charge in [-0.1, -0.05) is 18.2 Å². The number of aromatic nitrogens is 2. The maximum absolute atomic E-state index is 13.4. The Morgan fingerprint density at radius 1 is 1.00 bits per heavy atom. The lowest BCUT2D eigenvalue weighted by Crippen LogP contribution is -2.41. The minimum atomic E-state index is -4.44. The van der Waals surface area contributed by atoms with E-state index in [-0.39, 0.29) is 5.56 Å². The van der Waals surface area contributed by atoms with Crippen LogP contribution < -0.4 is 16.0 Å². The number of halogens is 3. The Morgan fingerprint density at radius 3 is 2.39 bits per heavy atom. The largest absolute Gasteiger partial charge is 0.416 e. The zero-order valence-corrected chi connectivity index (χ0v) is 21.0. The first-order valence-electron chi connectivity index (χ1n) is 12.5. The number of likely N-dealkylation sites (tertiary alicyclic amines) is 1. The number of alkyl halides is 3. The lowest BCUT2D eigenvalue weighted by molar-refractivity contribution is -0.138. The summed E-state index contributed by atoms with van der Waals surface area (Å²) >= 11 is 0. The molecular weight excluding hydrogens is 465 g/mol. The van der Waals surface area contributed by atoms with Crippen molar-refractivity contribution in [3.8, 4) is 0 Å². The van der Waals surface area contributed by atoms with E-state index in [0.717, 1.165) is 41.3 Å². The zero-order chi connectivity index (χ0) is 25.7. The van der Waals surface area contributed by atoms with Gasteiger partial charge >= 0.3 is 6.18 Å². The number of hydrogen-bond acceptors (Lipinski definition) is 6. The molecule has 6 nitrogen and oxygen atoms in total. The SMILES string of the molecule is Cc1c([C@@H](N)Nc2nnc(C)c3ccc(N4CCC5(CCN(C)C5)CC4)cc23)cccc1C(F)(F)F. The van der Waals surface area contributed by atoms with Gasteiger partial charge in [-0.05, 0) is 81.4 Å². The van der Waals surface area contributed by atoms with E-state index in [1.54, 1.807) is 6.07 Å². The summed E-state index contributed by atoms with van der Waals surface area (Å²) in [7, 11) is 2.20. The molecule has 192 valence electrons. The fourth-order valence-electron chi connectivity index (χ4n) is 5.91. The van der Waals surface area contributed by atoms with Crippen LogP contribution in [-0.2, 0) is 6.18 Å². The average molecular weight is 499 g/mol. The Hall–Kier alpha value is -2.91. The Kier molecular flexibility index (Phi) is 6.32. The number of aryl methyl sites for hydroxylation is 1. The van der Waals surface area contributed by atoms with Gasteiger partial charge in [-0.2, -0.15) is 18.3 Å². The predicted molar refractivity (Wildman–Crippen MR) is 137 cm³/mol. The zero-order valence-electron chi connectivity index (χ0n) is 21.0. The first-order chi connectivity index (χ1) is 17.1. The van der Waals surface area contributed by atoms with Crippen molar-refractivity contribution in [2.75, 3.05) is 43.4 Å². The van der Waals surface area contributed by atoms with Gasteiger partial charge in [0.25, 0.3) is 0 Å². The molecule has 2 aromatic carbocycles. The van der Waals surface area contributed by atoms with Crippen LogP contribution in [0, 0.1) is 19.3 Å². The second kappa shape index (κ2) is 9.19. The van der Waals surface area contributed by atoms with Crippen LogP contribution in [-0.4, -0.2) is 48.3 Å². The number of anilines is 2. The van der Waals surface area contributed by atoms with Crippen molar-refractivity contribution >= 4 is 22.3 Å². The minimum absolute atomic E-state index is 0.106. The molecule has 0 amide bonds. The van der Waals surface area contributed by atoms with Crippen molar-refractivity contribution in [3.05, 3.63) is 58.8 Å². The molecule has 2 aliphatic rings. The molecule has 9 heteroatoms. The van der Waals surface area contributed by atoms with Gasteiger partial charge in [-0.3, -0.25) is 0 Å². The molecule has 5 rings (SSSR count). The molecule has 0 radical (unpaired) electrons. The van der Waals surface area contributed by atoms with Crippen molar-refractivity contribution in [2.24, 2.45) is 11.1 Å². The molecule has 3 N–H and O–H groups in total.